The van der Waals surface area contributed by atoms with Crippen molar-refractivity contribution in [3.05, 3.63) is 64.1 Å². The molecular weight excluding hydrogens is 445 g/mol. The van der Waals surface area contributed by atoms with Gasteiger partial charge < -0.3 is 14.8 Å². The number of nitrogens with one attached hydrogen (secondary N) is 1. The molecule has 0 aliphatic carbocycles. The summed E-state index contributed by atoms with van der Waals surface area (Å²) in [5, 5.41) is 5.89. The molecule has 1 amide bonds. The number of benzene rings is 2. The van der Waals surface area contributed by atoms with Crippen LogP contribution in [0.15, 0.2) is 48.0 Å². The molecule has 0 saturated heterocycles. The number of ether oxygens (including phenoxy) is 2. The van der Waals surface area contributed by atoms with E-state index >= 15 is 0 Å². The van der Waals surface area contributed by atoms with Crippen LogP contribution >= 0.6 is 31.0 Å². The Morgan fingerprint density at radius 3 is 2.80 bits per heavy atom. The van der Waals surface area contributed by atoms with Crippen molar-refractivity contribution in [3.63, 3.8) is 0 Å². The van der Waals surface area contributed by atoms with Crippen molar-refractivity contribution >= 4 is 53.0 Å². The van der Waals surface area contributed by atoms with Gasteiger partial charge in [0.2, 0.25) is 5.91 Å². The first-order valence-electron chi connectivity index (χ1n) is 8.92. The lowest BCUT2D eigenvalue weighted by Gasteiger charge is -2.11. The lowest BCUT2D eigenvalue weighted by atomic mass is 9.99. The van der Waals surface area contributed by atoms with E-state index in [1.165, 1.54) is 24.6 Å². The first kappa shape index (κ1) is 22.2. The lowest BCUT2D eigenvalue weighted by molar-refractivity contribution is -0.121. The Morgan fingerprint density at radius 1 is 1.30 bits per heavy atom. The normalized spacial score (nSPS) is 12.7. The van der Waals surface area contributed by atoms with E-state index < -0.39 is 13.9 Å². The second-order valence-electron chi connectivity index (χ2n) is 6.34. The average Bonchev–Trinajstić information content (AvgIpc) is 3.14. The number of methoxy groups -OCH3 is 2. The number of carbonyl (C=O) groups excluding carboxylic acids is 1. The molecule has 3 aromatic rings. The smallest absolute Gasteiger partial charge is 0.493 e. The van der Waals surface area contributed by atoms with Crippen molar-refractivity contribution in [1.29, 1.82) is 0 Å². The van der Waals surface area contributed by atoms with Crippen LogP contribution in [0.5, 0.6) is 11.5 Å². The molecular formula is C21H20ClNO5PS+. The summed E-state index contributed by atoms with van der Waals surface area (Å²) < 4.78 is 23.2. The largest absolute Gasteiger partial charge is 0.506 e. The van der Waals surface area contributed by atoms with E-state index in [-0.39, 0.29) is 12.1 Å². The van der Waals surface area contributed by atoms with E-state index in [1.54, 1.807) is 31.4 Å². The van der Waals surface area contributed by atoms with Gasteiger partial charge in [-0.15, -0.1) is 11.3 Å². The zero-order valence-corrected chi connectivity index (χ0v) is 18.8. The predicted octanol–water partition coefficient (Wildman–Crippen LogP) is 5.18. The molecule has 0 aliphatic rings. The number of hydrogen-bond acceptors (Lipinski definition) is 5. The molecule has 9 heteroatoms. The summed E-state index contributed by atoms with van der Waals surface area (Å²) in [6.07, 6.45) is 2.98. The van der Waals surface area contributed by atoms with Crippen molar-refractivity contribution in [3.8, 4) is 11.5 Å². The van der Waals surface area contributed by atoms with Gasteiger partial charge in [-0.25, -0.2) is 0 Å². The highest BCUT2D eigenvalue weighted by Gasteiger charge is 2.31. The molecule has 30 heavy (non-hydrogen) atoms. The summed E-state index contributed by atoms with van der Waals surface area (Å²) in [7, 11) is 0.570. The number of halogens is 1. The molecule has 0 aliphatic heterocycles. The van der Waals surface area contributed by atoms with Crippen LogP contribution in [-0.4, -0.2) is 31.2 Å². The van der Waals surface area contributed by atoms with Crippen LogP contribution < -0.4 is 14.8 Å². The summed E-state index contributed by atoms with van der Waals surface area (Å²) in [5.74, 6) is -0.0606. The number of hydrogen-bond donors (Lipinski definition) is 2. The van der Waals surface area contributed by atoms with E-state index in [4.69, 9.17) is 21.1 Å². The summed E-state index contributed by atoms with van der Waals surface area (Å²) in [5.41, 5.74) is 1.40. The minimum atomic E-state index is -2.51. The van der Waals surface area contributed by atoms with Gasteiger partial charge in [-0.2, -0.15) is 4.89 Å². The van der Waals surface area contributed by atoms with Crippen LogP contribution in [0.3, 0.4) is 0 Å². The first-order valence-corrected chi connectivity index (χ1v) is 11.6. The third kappa shape index (κ3) is 4.99. The molecule has 0 saturated carbocycles. The van der Waals surface area contributed by atoms with Gasteiger partial charge in [0, 0.05) is 21.5 Å². The van der Waals surface area contributed by atoms with E-state index in [0.29, 0.717) is 22.1 Å². The number of amides is 1. The van der Waals surface area contributed by atoms with Crippen molar-refractivity contribution in [2.24, 2.45) is 0 Å². The van der Waals surface area contributed by atoms with Crippen LogP contribution in [0, 0.1) is 0 Å². The molecule has 1 heterocycles. The Bertz CT molecular complexity index is 1110. The second-order valence-corrected chi connectivity index (χ2v) is 8.76. The maximum atomic E-state index is 12.9. The summed E-state index contributed by atoms with van der Waals surface area (Å²) in [4.78, 5) is 22.4. The van der Waals surface area contributed by atoms with Gasteiger partial charge in [0.25, 0.3) is 0 Å². The molecule has 1 aromatic heterocycles. The minimum Gasteiger partial charge on any atom is -0.493 e. The predicted molar refractivity (Wildman–Crippen MR) is 121 cm³/mol. The third-order valence-electron chi connectivity index (χ3n) is 4.52. The topological polar surface area (TPSA) is 84.9 Å². The highest BCUT2D eigenvalue weighted by atomic mass is 35.5. The molecule has 0 spiro atoms. The van der Waals surface area contributed by atoms with Crippen molar-refractivity contribution in [2.75, 3.05) is 20.4 Å². The Labute approximate surface area is 184 Å². The standard InChI is InChI=1S/C21H19ClNO5PS/c1-27-18-5-3-4-13(20(18)28-2)8-9-23-21(24)16(11-29(25)26)17-12-30-19-7-6-14(22)10-15(17)19/h3-10,12,16H,11H2,1-2H3,(H-,23,24,25,26)/p+1/b9-8+. The van der Waals surface area contributed by atoms with Gasteiger partial charge in [-0.1, -0.05) is 23.7 Å². The van der Waals surface area contributed by atoms with Crippen LogP contribution in [0.4, 0.5) is 0 Å². The van der Waals surface area contributed by atoms with Gasteiger partial charge in [0.05, 0.1) is 14.2 Å². The van der Waals surface area contributed by atoms with E-state index in [1.807, 2.05) is 23.6 Å². The SMILES string of the molecule is COc1cccc(/C=C/NC(=O)C(C[P+](=O)O)c2csc3ccc(Cl)cc23)c1OC. The third-order valence-corrected chi connectivity index (χ3v) is 6.41. The molecule has 0 fully saturated rings. The molecule has 3 rings (SSSR count). The van der Waals surface area contributed by atoms with Crippen molar-refractivity contribution in [2.45, 2.75) is 5.92 Å². The highest BCUT2D eigenvalue weighted by molar-refractivity contribution is 7.38. The van der Waals surface area contributed by atoms with E-state index in [0.717, 1.165) is 15.6 Å². The van der Waals surface area contributed by atoms with E-state index in [9.17, 15) is 14.3 Å². The highest BCUT2D eigenvalue weighted by Crippen LogP contribution is 2.37. The molecule has 0 bridgehead atoms. The van der Waals surface area contributed by atoms with Crippen LogP contribution in [0.25, 0.3) is 16.2 Å². The van der Waals surface area contributed by atoms with Crippen molar-refractivity contribution in [1.82, 2.24) is 5.32 Å². The molecule has 2 aromatic carbocycles. The maximum Gasteiger partial charge on any atom is 0.506 e. The molecule has 2 atom stereocenters. The molecule has 2 N–H and O–H groups in total. The number of fused-ring (bicyclic) bond motifs is 1. The van der Waals surface area contributed by atoms with Gasteiger partial charge in [-0.05, 0) is 51.2 Å². The quantitative estimate of drug-likeness (QED) is 0.449. The Hall–Kier alpha value is -2.44. The fourth-order valence-corrected chi connectivity index (χ4v) is 4.97. The minimum absolute atomic E-state index is 0.185. The fraction of sp³-hybridized carbons (Fsp3) is 0.190. The maximum absolute atomic E-state index is 12.9. The van der Waals surface area contributed by atoms with Gasteiger partial charge in [0.15, 0.2) is 17.7 Å². The van der Waals surface area contributed by atoms with Gasteiger partial charge in [-0.3, -0.25) is 4.79 Å². The Morgan fingerprint density at radius 2 is 2.10 bits per heavy atom. The van der Waals surface area contributed by atoms with Gasteiger partial charge >= 0.3 is 8.03 Å². The van der Waals surface area contributed by atoms with Crippen molar-refractivity contribution < 1.29 is 23.7 Å². The van der Waals surface area contributed by atoms with Crippen LogP contribution in [0.2, 0.25) is 5.02 Å². The first-order chi connectivity index (χ1) is 14.4. The summed E-state index contributed by atoms with van der Waals surface area (Å²) in [6.45, 7) is 0. The number of thiophene rings is 1. The Balaban J connectivity index is 1.86. The fourth-order valence-electron chi connectivity index (χ4n) is 3.13. The number of rotatable bonds is 8. The molecule has 0 radical (unpaired) electrons. The van der Waals surface area contributed by atoms with E-state index in [2.05, 4.69) is 5.32 Å². The van der Waals surface area contributed by atoms with Crippen LogP contribution in [0.1, 0.15) is 17.0 Å². The number of carbonyl (C=O) groups is 1. The molecule has 2 unspecified atom stereocenters. The molecule has 6 nitrogen and oxygen atoms in total. The lowest BCUT2D eigenvalue weighted by Crippen LogP contribution is -2.26. The summed E-state index contributed by atoms with van der Waals surface area (Å²) in [6, 6.07) is 10.8. The van der Waals surface area contributed by atoms with Crippen LogP contribution in [-0.2, 0) is 9.36 Å². The zero-order valence-electron chi connectivity index (χ0n) is 16.3. The van der Waals surface area contributed by atoms with Gasteiger partial charge in [0.1, 0.15) is 5.92 Å². The monoisotopic (exact) mass is 464 g/mol. The zero-order chi connectivity index (χ0) is 21.7. The second kappa shape index (κ2) is 10.0. The number of para-hydroxylation sites is 1. The molecule has 156 valence electrons. The Kier molecular flexibility index (Phi) is 7.45. The summed E-state index contributed by atoms with van der Waals surface area (Å²) >= 11 is 7.57. The average molecular weight is 465 g/mol.